The van der Waals surface area contributed by atoms with E-state index in [1.165, 1.54) is 19.1 Å². The Hall–Kier alpha value is -4.12. The monoisotopic (exact) mass is 650 g/mol. The van der Waals surface area contributed by atoms with Gasteiger partial charge in [0.2, 0.25) is 21.8 Å². The summed E-state index contributed by atoms with van der Waals surface area (Å²) in [4.78, 5) is 47.5. The van der Waals surface area contributed by atoms with Crippen molar-refractivity contribution in [2.45, 2.75) is 78.2 Å². The molecule has 1 aromatic heterocycles. The molecule has 246 valence electrons. The predicted octanol–water partition coefficient (Wildman–Crippen LogP) is 5.95. The number of rotatable bonds is 12. The first-order valence-electron chi connectivity index (χ1n) is 15.8. The molecule has 11 heteroatoms. The van der Waals surface area contributed by atoms with Crippen molar-refractivity contribution in [2.75, 3.05) is 33.5 Å². The Bertz CT molecular complexity index is 1670. The lowest BCUT2D eigenvalue weighted by Crippen LogP contribution is -2.48. The summed E-state index contributed by atoms with van der Waals surface area (Å²) in [6, 6.07) is 17.6. The van der Waals surface area contributed by atoms with Crippen LogP contribution in [0.4, 0.5) is 21.6 Å². The first-order valence-corrected chi connectivity index (χ1v) is 17.6. The molecule has 46 heavy (non-hydrogen) atoms. The highest BCUT2D eigenvalue weighted by Crippen LogP contribution is 2.31. The highest BCUT2D eigenvalue weighted by molar-refractivity contribution is 7.92. The maximum atomic E-state index is 15.1. The average molecular weight is 651 g/mol. The number of para-hydroxylation sites is 1. The lowest BCUT2D eigenvalue weighted by Gasteiger charge is -2.39. The summed E-state index contributed by atoms with van der Waals surface area (Å²) in [5.41, 5.74) is 2.76. The van der Waals surface area contributed by atoms with Gasteiger partial charge in [-0.2, -0.15) is 0 Å². The molecule has 0 radical (unpaired) electrons. The van der Waals surface area contributed by atoms with Gasteiger partial charge in [0.25, 0.3) is 0 Å². The molecule has 0 spiro atoms. The summed E-state index contributed by atoms with van der Waals surface area (Å²) >= 11 is 0. The molecule has 0 saturated carbocycles. The second-order valence-corrected chi connectivity index (χ2v) is 13.6. The number of benzene rings is 2. The summed E-state index contributed by atoms with van der Waals surface area (Å²) in [7, 11) is -4.03. The van der Waals surface area contributed by atoms with Crippen molar-refractivity contribution >= 4 is 44.8 Å². The van der Waals surface area contributed by atoms with Crippen LogP contribution in [0.1, 0.15) is 75.6 Å². The minimum Gasteiger partial charge on any atom is -0.356 e. The van der Waals surface area contributed by atoms with Crippen LogP contribution < -0.4 is 14.1 Å². The van der Waals surface area contributed by atoms with E-state index in [-0.39, 0.29) is 36.3 Å². The zero-order valence-corrected chi connectivity index (χ0v) is 28.0. The van der Waals surface area contributed by atoms with Crippen molar-refractivity contribution in [3.63, 3.8) is 0 Å². The smallest absolute Gasteiger partial charge is 0.240 e. The molecule has 2 heterocycles. The van der Waals surface area contributed by atoms with Crippen molar-refractivity contribution in [1.29, 1.82) is 0 Å². The lowest BCUT2D eigenvalue weighted by atomic mass is 9.92. The number of nitrogens with zero attached hydrogens (tertiary/aromatic N) is 4. The largest absolute Gasteiger partial charge is 0.356 e. The molecule has 1 atom stereocenters. The average Bonchev–Trinajstić information content (AvgIpc) is 3.04. The van der Waals surface area contributed by atoms with Crippen molar-refractivity contribution in [2.24, 2.45) is 0 Å². The number of ketones is 1. The molecule has 1 aliphatic heterocycles. The van der Waals surface area contributed by atoms with E-state index in [1.807, 2.05) is 61.2 Å². The molecule has 0 N–H and O–H groups in total. The maximum Gasteiger partial charge on any atom is 0.240 e. The summed E-state index contributed by atoms with van der Waals surface area (Å²) in [5.74, 6) is -1.43. The number of amides is 2. The van der Waals surface area contributed by atoms with Crippen LogP contribution in [0.15, 0.2) is 60.7 Å². The maximum absolute atomic E-state index is 15.1. The van der Waals surface area contributed by atoms with E-state index in [2.05, 4.69) is 4.90 Å². The number of anilines is 3. The number of aryl methyl sites for hydroxylation is 2. The van der Waals surface area contributed by atoms with E-state index >= 15 is 4.39 Å². The Balaban J connectivity index is 1.45. The van der Waals surface area contributed by atoms with Crippen molar-refractivity contribution in [3.8, 4) is 0 Å². The third kappa shape index (κ3) is 7.99. The molecule has 0 aliphatic carbocycles. The number of halogens is 1. The SMILES string of the molecule is CCC(=O)N(c1ccccc1)C1CCN(c2nc(C)ccc2CCC(=O)C(C)c2ccc(N(C(=O)CC)S(C)(=O)=O)c(F)c2)CC1. The molecule has 4 rings (SSSR count). The number of hydrogen-bond donors (Lipinski definition) is 0. The molecular weight excluding hydrogens is 607 g/mol. The first kappa shape index (κ1) is 34.7. The second-order valence-electron chi connectivity index (χ2n) is 11.8. The Morgan fingerprint density at radius 2 is 1.63 bits per heavy atom. The Morgan fingerprint density at radius 3 is 2.22 bits per heavy atom. The van der Waals surface area contributed by atoms with Crippen LogP contribution in [0.25, 0.3) is 0 Å². The number of piperidine rings is 1. The molecule has 1 aliphatic rings. The minimum absolute atomic E-state index is 0.0816. The quantitative estimate of drug-likeness (QED) is 0.239. The zero-order chi connectivity index (χ0) is 33.6. The number of sulfonamides is 1. The molecule has 1 fully saturated rings. The van der Waals surface area contributed by atoms with E-state index < -0.39 is 27.7 Å². The summed E-state index contributed by atoms with van der Waals surface area (Å²) in [6.07, 6.45) is 3.39. The van der Waals surface area contributed by atoms with Crippen LogP contribution in [0.5, 0.6) is 0 Å². The van der Waals surface area contributed by atoms with Gasteiger partial charge in [-0.1, -0.05) is 51.1 Å². The van der Waals surface area contributed by atoms with Gasteiger partial charge in [-0.25, -0.2) is 22.1 Å². The summed E-state index contributed by atoms with van der Waals surface area (Å²) in [5, 5.41) is 0. The van der Waals surface area contributed by atoms with Gasteiger partial charge in [-0.05, 0) is 67.6 Å². The van der Waals surface area contributed by atoms with Crippen LogP contribution in [-0.2, 0) is 30.8 Å². The number of hydrogen-bond acceptors (Lipinski definition) is 7. The number of pyridine rings is 1. The van der Waals surface area contributed by atoms with Gasteiger partial charge in [0.15, 0.2) is 0 Å². The third-order valence-electron chi connectivity index (χ3n) is 8.50. The van der Waals surface area contributed by atoms with E-state index in [0.717, 1.165) is 61.0 Å². The van der Waals surface area contributed by atoms with Gasteiger partial charge < -0.3 is 9.80 Å². The van der Waals surface area contributed by atoms with Crippen LogP contribution in [0.3, 0.4) is 0 Å². The van der Waals surface area contributed by atoms with E-state index in [9.17, 15) is 22.8 Å². The van der Waals surface area contributed by atoms with Gasteiger partial charge in [0.05, 0.1) is 11.9 Å². The normalized spacial score (nSPS) is 14.5. The Morgan fingerprint density at radius 1 is 0.978 bits per heavy atom. The minimum atomic E-state index is -4.03. The Labute approximate surface area is 271 Å². The fourth-order valence-electron chi connectivity index (χ4n) is 5.95. The van der Waals surface area contributed by atoms with Gasteiger partial charge in [-0.3, -0.25) is 14.4 Å². The molecule has 2 amide bonds. The van der Waals surface area contributed by atoms with E-state index in [0.29, 0.717) is 22.7 Å². The highest BCUT2D eigenvalue weighted by Gasteiger charge is 2.30. The van der Waals surface area contributed by atoms with Gasteiger partial charge in [0.1, 0.15) is 17.4 Å². The molecule has 9 nitrogen and oxygen atoms in total. The van der Waals surface area contributed by atoms with E-state index in [4.69, 9.17) is 4.98 Å². The van der Waals surface area contributed by atoms with E-state index in [1.54, 1.807) is 6.92 Å². The molecule has 1 saturated heterocycles. The summed E-state index contributed by atoms with van der Waals surface area (Å²) in [6.45, 7) is 8.44. The van der Waals surface area contributed by atoms with Gasteiger partial charge in [0, 0.05) is 55.7 Å². The standard InChI is InChI=1S/C35H43FN4O5S/c1-6-33(42)39(28-11-9-8-10-12-28)29-19-21-38(22-20-29)35-26(14-13-24(3)37-35)16-18-32(41)25(4)27-15-17-31(30(36)23-27)40(34(43)7-2)46(5,44)45/h8-15,17,23,25,29H,6-7,16,18-22H2,1-5H3. The lowest BCUT2D eigenvalue weighted by molar-refractivity contribution is -0.120. The number of carbonyl (C=O) groups is 3. The van der Waals surface area contributed by atoms with Gasteiger partial charge in [-0.15, -0.1) is 0 Å². The highest BCUT2D eigenvalue weighted by atomic mass is 32.2. The Kier molecular flexibility index (Phi) is 11.3. The number of aromatic nitrogens is 1. The second kappa shape index (κ2) is 15.0. The molecule has 0 bridgehead atoms. The zero-order valence-electron chi connectivity index (χ0n) is 27.2. The number of carbonyl (C=O) groups excluding carboxylic acids is 3. The van der Waals surface area contributed by atoms with Crippen molar-refractivity contribution < 1.29 is 27.2 Å². The predicted molar refractivity (Wildman–Crippen MR) is 179 cm³/mol. The van der Waals surface area contributed by atoms with Crippen LogP contribution in [0.2, 0.25) is 0 Å². The molecule has 2 aromatic carbocycles. The number of Topliss-reactive ketones (excluding diaryl/α,β-unsaturated/α-hetero) is 1. The molecule has 3 aromatic rings. The third-order valence-corrected chi connectivity index (χ3v) is 9.57. The summed E-state index contributed by atoms with van der Waals surface area (Å²) < 4.78 is 40.0. The first-order chi connectivity index (χ1) is 21.8. The van der Waals surface area contributed by atoms with Crippen LogP contribution >= 0.6 is 0 Å². The topological polar surface area (TPSA) is 108 Å². The fourth-order valence-corrected chi connectivity index (χ4v) is 6.96. The molecule has 1 unspecified atom stereocenters. The van der Waals surface area contributed by atoms with Crippen LogP contribution in [0, 0.1) is 12.7 Å². The molecular formula is C35H43FN4O5S. The fraction of sp³-hybridized carbons (Fsp3) is 0.429. The van der Waals surface area contributed by atoms with Crippen molar-refractivity contribution in [1.82, 2.24) is 4.98 Å². The van der Waals surface area contributed by atoms with Gasteiger partial charge >= 0.3 is 0 Å². The van der Waals surface area contributed by atoms with Crippen LogP contribution in [-0.4, -0.2) is 56.4 Å². The van der Waals surface area contributed by atoms with Crippen molar-refractivity contribution in [3.05, 3.63) is 83.3 Å².